The molecule has 0 fully saturated rings. The fraction of sp³-hybridized carbons (Fsp3) is 0.933. The van der Waals surface area contributed by atoms with Gasteiger partial charge in [0, 0.05) is 20.6 Å². The highest BCUT2D eigenvalue weighted by Crippen LogP contribution is 2.25. The molecular weight excluding hydrogens is 242 g/mol. The van der Waals surface area contributed by atoms with E-state index in [1.165, 1.54) is 12.8 Å². The lowest BCUT2D eigenvalue weighted by molar-refractivity contribution is -0.161. The third kappa shape index (κ3) is 6.39. The number of hydrogen-bond donors (Lipinski definition) is 1. The van der Waals surface area contributed by atoms with Crippen molar-refractivity contribution >= 4 is 5.71 Å². The van der Waals surface area contributed by atoms with Gasteiger partial charge in [0.1, 0.15) is 5.71 Å². The standard InChI is InChI=1S/C15H31NO3/c1-5-7-9-11-13-15(18-3,19-4)14(16-17)12-10-8-6-2/h17H,5-13H2,1-4H3/b16-14-. The van der Waals surface area contributed by atoms with E-state index >= 15 is 0 Å². The van der Waals surface area contributed by atoms with Crippen molar-refractivity contribution in [3.63, 3.8) is 0 Å². The molecule has 19 heavy (non-hydrogen) atoms. The van der Waals surface area contributed by atoms with Gasteiger partial charge >= 0.3 is 0 Å². The zero-order valence-corrected chi connectivity index (χ0v) is 13.1. The maximum Gasteiger partial charge on any atom is 0.211 e. The number of unbranched alkanes of at least 4 members (excludes halogenated alkanes) is 5. The molecule has 0 aliphatic rings. The lowest BCUT2D eigenvalue weighted by Crippen LogP contribution is -2.43. The highest BCUT2D eigenvalue weighted by molar-refractivity contribution is 5.90. The van der Waals surface area contributed by atoms with Crippen LogP contribution in [0.5, 0.6) is 0 Å². The molecule has 0 unspecified atom stereocenters. The minimum atomic E-state index is -0.851. The molecule has 0 saturated carbocycles. The number of oxime groups is 1. The Hall–Kier alpha value is -0.610. The zero-order valence-electron chi connectivity index (χ0n) is 13.1. The number of ether oxygens (including phenoxy) is 2. The van der Waals surface area contributed by atoms with Gasteiger partial charge in [-0.25, -0.2) is 0 Å². The van der Waals surface area contributed by atoms with E-state index in [0.29, 0.717) is 5.71 Å². The van der Waals surface area contributed by atoms with Gasteiger partial charge in [0.15, 0.2) is 0 Å². The van der Waals surface area contributed by atoms with E-state index in [-0.39, 0.29) is 0 Å². The summed E-state index contributed by atoms with van der Waals surface area (Å²) in [6, 6.07) is 0. The molecule has 0 bridgehead atoms. The molecule has 0 aliphatic carbocycles. The Morgan fingerprint density at radius 3 is 2.00 bits per heavy atom. The molecule has 4 nitrogen and oxygen atoms in total. The van der Waals surface area contributed by atoms with Crippen molar-refractivity contribution in [2.45, 2.75) is 77.4 Å². The minimum absolute atomic E-state index is 0.613. The Morgan fingerprint density at radius 2 is 1.53 bits per heavy atom. The monoisotopic (exact) mass is 273 g/mol. The second kappa shape index (κ2) is 11.2. The summed E-state index contributed by atoms with van der Waals surface area (Å²) >= 11 is 0. The summed E-state index contributed by atoms with van der Waals surface area (Å²) < 4.78 is 11.1. The Labute approximate surface area is 118 Å². The number of hydrogen-bond acceptors (Lipinski definition) is 4. The second-order valence-corrected chi connectivity index (χ2v) is 4.98. The maximum absolute atomic E-state index is 9.25. The van der Waals surface area contributed by atoms with Crippen LogP contribution in [0.4, 0.5) is 0 Å². The molecule has 0 spiro atoms. The van der Waals surface area contributed by atoms with Crippen LogP contribution in [-0.2, 0) is 9.47 Å². The van der Waals surface area contributed by atoms with Gasteiger partial charge in [-0.1, -0.05) is 51.1 Å². The maximum atomic E-state index is 9.25. The SMILES string of the molecule is CCCCCCC(OC)(OC)/C(CCCCC)=N\O. The molecule has 0 amide bonds. The first-order valence-electron chi connectivity index (χ1n) is 7.52. The summed E-state index contributed by atoms with van der Waals surface area (Å²) in [4.78, 5) is 0. The molecule has 0 aromatic heterocycles. The molecule has 114 valence electrons. The molecule has 0 aromatic rings. The Kier molecular flexibility index (Phi) is 10.9. The van der Waals surface area contributed by atoms with Gasteiger partial charge in [-0.05, 0) is 19.3 Å². The molecule has 1 N–H and O–H groups in total. The first-order chi connectivity index (χ1) is 9.20. The van der Waals surface area contributed by atoms with Crippen LogP contribution < -0.4 is 0 Å². The molecular formula is C15H31NO3. The third-order valence-electron chi connectivity index (χ3n) is 3.60. The highest BCUT2D eigenvalue weighted by atomic mass is 16.7. The summed E-state index contributed by atoms with van der Waals surface area (Å²) in [7, 11) is 3.24. The predicted molar refractivity (Wildman–Crippen MR) is 78.9 cm³/mol. The van der Waals surface area contributed by atoms with Gasteiger partial charge in [0.05, 0.1) is 0 Å². The van der Waals surface area contributed by atoms with Gasteiger partial charge in [-0.2, -0.15) is 0 Å². The van der Waals surface area contributed by atoms with Crippen LogP contribution in [0.1, 0.15) is 71.6 Å². The topological polar surface area (TPSA) is 51.0 Å². The normalized spacial score (nSPS) is 12.9. The number of methoxy groups -OCH3 is 2. The molecule has 0 heterocycles. The van der Waals surface area contributed by atoms with Gasteiger partial charge in [0.2, 0.25) is 5.79 Å². The van der Waals surface area contributed by atoms with Gasteiger partial charge in [-0.3, -0.25) is 0 Å². The van der Waals surface area contributed by atoms with Crippen molar-refractivity contribution in [1.82, 2.24) is 0 Å². The number of nitrogens with zero attached hydrogens (tertiary/aromatic N) is 1. The average molecular weight is 273 g/mol. The first kappa shape index (κ1) is 18.4. The van der Waals surface area contributed by atoms with E-state index in [2.05, 4.69) is 19.0 Å². The predicted octanol–water partition coefficient (Wildman–Crippen LogP) is 4.36. The van der Waals surface area contributed by atoms with E-state index in [1.807, 2.05) is 0 Å². The molecule has 4 heteroatoms. The Bertz CT molecular complexity index is 238. The van der Waals surface area contributed by atoms with Gasteiger partial charge in [0.25, 0.3) is 0 Å². The summed E-state index contributed by atoms with van der Waals surface area (Å²) in [5, 5.41) is 12.7. The lowest BCUT2D eigenvalue weighted by Gasteiger charge is -2.31. The molecule has 0 saturated heterocycles. The van der Waals surface area contributed by atoms with Crippen molar-refractivity contribution in [1.29, 1.82) is 0 Å². The van der Waals surface area contributed by atoms with E-state index < -0.39 is 5.79 Å². The first-order valence-corrected chi connectivity index (χ1v) is 7.52. The Balaban J connectivity index is 4.53. The van der Waals surface area contributed by atoms with E-state index in [1.54, 1.807) is 14.2 Å². The average Bonchev–Trinajstić information content (AvgIpc) is 2.45. The summed E-state index contributed by atoms with van der Waals surface area (Å²) in [5.41, 5.74) is 0.613. The van der Waals surface area contributed by atoms with Crippen LogP contribution in [-0.4, -0.2) is 30.9 Å². The Morgan fingerprint density at radius 1 is 0.947 bits per heavy atom. The van der Waals surface area contributed by atoms with Crippen molar-refractivity contribution in [2.75, 3.05) is 14.2 Å². The number of rotatable bonds is 12. The highest BCUT2D eigenvalue weighted by Gasteiger charge is 2.35. The van der Waals surface area contributed by atoms with Crippen molar-refractivity contribution in [3.8, 4) is 0 Å². The molecule has 0 radical (unpaired) electrons. The van der Waals surface area contributed by atoms with Gasteiger partial charge in [-0.15, -0.1) is 0 Å². The van der Waals surface area contributed by atoms with Crippen LogP contribution in [0.2, 0.25) is 0 Å². The zero-order chi connectivity index (χ0) is 14.6. The molecule has 0 aliphatic heterocycles. The van der Waals surface area contributed by atoms with E-state index in [4.69, 9.17) is 9.47 Å². The van der Waals surface area contributed by atoms with Crippen LogP contribution >= 0.6 is 0 Å². The van der Waals surface area contributed by atoms with E-state index in [0.717, 1.165) is 44.9 Å². The summed E-state index contributed by atoms with van der Waals surface area (Å²) in [6.45, 7) is 4.34. The third-order valence-corrected chi connectivity index (χ3v) is 3.60. The van der Waals surface area contributed by atoms with Gasteiger partial charge < -0.3 is 14.7 Å². The fourth-order valence-electron chi connectivity index (χ4n) is 2.31. The summed E-state index contributed by atoms with van der Waals surface area (Å²) in [5.74, 6) is -0.851. The van der Waals surface area contributed by atoms with Crippen molar-refractivity contribution in [3.05, 3.63) is 0 Å². The largest absolute Gasteiger partial charge is 0.411 e. The quantitative estimate of drug-likeness (QED) is 0.189. The van der Waals surface area contributed by atoms with Crippen molar-refractivity contribution < 1.29 is 14.7 Å². The van der Waals surface area contributed by atoms with Crippen LogP contribution in [0, 0.1) is 0 Å². The van der Waals surface area contributed by atoms with E-state index in [9.17, 15) is 5.21 Å². The smallest absolute Gasteiger partial charge is 0.211 e. The lowest BCUT2D eigenvalue weighted by atomic mass is 9.97. The summed E-state index contributed by atoms with van der Waals surface area (Å²) in [6.07, 6.45) is 9.31. The fourth-order valence-corrected chi connectivity index (χ4v) is 2.31. The van der Waals surface area contributed by atoms with Crippen LogP contribution in [0.3, 0.4) is 0 Å². The minimum Gasteiger partial charge on any atom is -0.411 e. The molecule has 0 aromatic carbocycles. The molecule has 0 rings (SSSR count). The van der Waals surface area contributed by atoms with Crippen LogP contribution in [0.15, 0.2) is 5.16 Å². The molecule has 0 atom stereocenters. The van der Waals surface area contributed by atoms with Crippen molar-refractivity contribution in [2.24, 2.45) is 5.16 Å². The van der Waals surface area contributed by atoms with Crippen LogP contribution in [0.25, 0.3) is 0 Å². The second-order valence-electron chi connectivity index (χ2n) is 4.98.